The lowest BCUT2D eigenvalue weighted by molar-refractivity contribution is 0.138. The molecule has 1 aliphatic heterocycles. The van der Waals surface area contributed by atoms with Gasteiger partial charge in [-0.15, -0.1) is 11.6 Å². The summed E-state index contributed by atoms with van der Waals surface area (Å²) in [6.07, 6.45) is 0.919. The molecule has 0 aromatic heterocycles. The van der Waals surface area contributed by atoms with Gasteiger partial charge in [0.05, 0.1) is 12.5 Å². The highest BCUT2D eigenvalue weighted by Crippen LogP contribution is 2.38. The first kappa shape index (κ1) is 14.3. The molecule has 3 rings (SSSR count). The van der Waals surface area contributed by atoms with Gasteiger partial charge in [0, 0.05) is 6.42 Å². The van der Waals surface area contributed by atoms with Crippen LogP contribution in [0.3, 0.4) is 0 Å². The van der Waals surface area contributed by atoms with E-state index in [4.69, 9.17) is 21.1 Å². The molecule has 2 aromatic carbocycles. The number of halogens is 1. The molecule has 1 heterocycles. The Hall–Kier alpha value is -1.67. The Bertz CT molecular complexity index is 647. The average Bonchev–Trinajstić information content (AvgIpc) is 2.79. The highest BCUT2D eigenvalue weighted by atomic mass is 35.5. The lowest BCUT2D eigenvalue weighted by Crippen LogP contribution is -2.24. The van der Waals surface area contributed by atoms with Crippen LogP contribution in [0.2, 0.25) is 0 Å². The first-order valence-corrected chi connectivity index (χ1v) is 7.52. The van der Waals surface area contributed by atoms with Crippen LogP contribution in [-0.4, -0.2) is 12.7 Å². The number of ether oxygens (including phenoxy) is 2. The van der Waals surface area contributed by atoms with Gasteiger partial charge < -0.3 is 9.47 Å². The van der Waals surface area contributed by atoms with E-state index in [1.165, 1.54) is 5.56 Å². The van der Waals surface area contributed by atoms with Crippen molar-refractivity contribution in [2.45, 2.75) is 31.2 Å². The topological polar surface area (TPSA) is 18.5 Å². The Morgan fingerprint density at radius 3 is 2.43 bits per heavy atom. The van der Waals surface area contributed by atoms with Crippen molar-refractivity contribution in [3.05, 3.63) is 59.2 Å². The van der Waals surface area contributed by atoms with E-state index in [1.54, 1.807) is 7.11 Å². The second kappa shape index (κ2) is 5.27. The summed E-state index contributed by atoms with van der Waals surface area (Å²) in [6.45, 7) is 4.21. The normalized spacial score (nSPS) is 17.0. The van der Waals surface area contributed by atoms with E-state index < -0.39 is 0 Å². The molecule has 0 saturated heterocycles. The van der Waals surface area contributed by atoms with E-state index in [0.29, 0.717) is 0 Å². The lowest BCUT2D eigenvalue weighted by atomic mass is 9.97. The summed E-state index contributed by atoms with van der Waals surface area (Å²) in [6, 6.07) is 14.1. The van der Waals surface area contributed by atoms with Gasteiger partial charge in [0.2, 0.25) is 0 Å². The molecule has 0 radical (unpaired) electrons. The molecule has 0 bridgehead atoms. The van der Waals surface area contributed by atoms with Gasteiger partial charge in [0.1, 0.15) is 17.1 Å². The Balaban J connectivity index is 1.87. The zero-order valence-corrected chi connectivity index (χ0v) is 13.3. The molecule has 21 heavy (non-hydrogen) atoms. The van der Waals surface area contributed by atoms with Crippen molar-refractivity contribution < 1.29 is 9.47 Å². The Labute approximate surface area is 130 Å². The van der Waals surface area contributed by atoms with Crippen molar-refractivity contribution in [1.82, 2.24) is 0 Å². The van der Waals surface area contributed by atoms with Crippen molar-refractivity contribution in [2.75, 3.05) is 7.11 Å². The third kappa shape index (κ3) is 2.86. The standard InChI is InChI=1S/C18H19ClO2/c1-18(2)11-14-10-13(6-9-16(14)21-18)17(19)12-4-7-15(20-3)8-5-12/h4-10,17H,11H2,1-3H3. The van der Waals surface area contributed by atoms with E-state index in [0.717, 1.165) is 29.0 Å². The number of fused-ring (bicyclic) bond motifs is 1. The van der Waals surface area contributed by atoms with Crippen molar-refractivity contribution in [2.24, 2.45) is 0 Å². The van der Waals surface area contributed by atoms with E-state index in [9.17, 15) is 0 Å². The van der Waals surface area contributed by atoms with Crippen molar-refractivity contribution in [1.29, 1.82) is 0 Å². The van der Waals surface area contributed by atoms with E-state index in [1.807, 2.05) is 36.4 Å². The van der Waals surface area contributed by atoms with Gasteiger partial charge in [-0.2, -0.15) is 0 Å². The van der Waals surface area contributed by atoms with Gasteiger partial charge in [-0.05, 0) is 48.7 Å². The van der Waals surface area contributed by atoms with Crippen LogP contribution in [0.15, 0.2) is 42.5 Å². The minimum absolute atomic E-state index is 0.122. The summed E-state index contributed by atoms with van der Waals surface area (Å²) in [5, 5.41) is -0.162. The lowest BCUT2D eigenvalue weighted by Gasteiger charge is -2.16. The number of rotatable bonds is 3. The molecule has 110 valence electrons. The number of hydrogen-bond donors (Lipinski definition) is 0. The summed E-state index contributed by atoms with van der Waals surface area (Å²) in [5.74, 6) is 1.81. The SMILES string of the molecule is COc1ccc(C(Cl)c2ccc3c(c2)CC(C)(C)O3)cc1. The van der Waals surface area contributed by atoms with Gasteiger partial charge in [0.25, 0.3) is 0 Å². The van der Waals surface area contributed by atoms with Crippen LogP contribution in [0.1, 0.15) is 35.9 Å². The average molecular weight is 303 g/mol. The van der Waals surface area contributed by atoms with Gasteiger partial charge >= 0.3 is 0 Å². The third-order valence-corrected chi connectivity index (χ3v) is 4.29. The molecule has 2 aromatic rings. The van der Waals surface area contributed by atoms with Crippen molar-refractivity contribution in [3.8, 4) is 11.5 Å². The number of hydrogen-bond acceptors (Lipinski definition) is 2. The maximum absolute atomic E-state index is 6.62. The summed E-state index contributed by atoms with van der Waals surface area (Å²) < 4.78 is 11.1. The molecule has 2 nitrogen and oxygen atoms in total. The fourth-order valence-corrected chi connectivity index (χ4v) is 3.03. The minimum Gasteiger partial charge on any atom is -0.497 e. The maximum Gasteiger partial charge on any atom is 0.123 e. The first-order valence-electron chi connectivity index (χ1n) is 7.08. The zero-order valence-electron chi connectivity index (χ0n) is 12.5. The number of methoxy groups -OCH3 is 1. The van der Waals surface area contributed by atoms with Crippen LogP contribution >= 0.6 is 11.6 Å². The quantitative estimate of drug-likeness (QED) is 0.763. The summed E-state index contributed by atoms with van der Waals surface area (Å²) in [7, 11) is 1.66. The zero-order chi connectivity index (χ0) is 15.0. The summed E-state index contributed by atoms with van der Waals surface area (Å²) >= 11 is 6.62. The fraction of sp³-hybridized carbons (Fsp3) is 0.333. The molecule has 0 spiro atoms. The highest BCUT2D eigenvalue weighted by Gasteiger charge is 2.30. The largest absolute Gasteiger partial charge is 0.497 e. The predicted octanol–water partition coefficient (Wildman–Crippen LogP) is 4.74. The van der Waals surface area contributed by atoms with E-state index in [-0.39, 0.29) is 11.0 Å². The van der Waals surface area contributed by atoms with Gasteiger partial charge in [-0.3, -0.25) is 0 Å². The Kier molecular flexibility index (Phi) is 3.58. The van der Waals surface area contributed by atoms with Gasteiger partial charge in [0.15, 0.2) is 0 Å². The van der Waals surface area contributed by atoms with Gasteiger partial charge in [-0.25, -0.2) is 0 Å². The smallest absolute Gasteiger partial charge is 0.123 e. The molecule has 0 amide bonds. The maximum atomic E-state index is 6.62. The molecule has 0 aliphatic carbocycles. The van der Waals surface area contributed by atoms with Crippen LogP contribution in [0.4, 0.5) is 0 Å². The predicted molar refractivity (Wildman–Crippen MR) is 85.5 cm³/mol. The Morgan fingerprint density at radius 2 is 1.76 bits per heavy atom. The molecule has 1 aliphatic rings. The number of alkyl halides is 1. The number of benzene rings is 2. The third-order valence-electron chi connectivity index (χ3n) is 3.79. The highest BCUT2D eigenvalue weighted by molar-refractivity contribution is 6.22. The Morgan fingerprint density at radius 1 is 1.10 bits per heavy atom. The van der Waals surface area contributed by atoms with Crippen LogP contribution < -0.4 is 9.47 Å². The van der Waals surface area contributed by atoms with Crippen LogP contribution in [0.5, 0.6) is 11.5 Å². The van der Waals surface area contributed by atoms with Gasteiger partial charge in [-0.1, -0.05) is 24.3 Å². The fourth-order valence-electron chi connectivity index (χ4n) is 2.75. The second-order valence-corrected chi connectivity index (χ2v) is 6.48. The summed E-state index contributed by atoms with van der Waals surface area (Å²) in [4.78, 5) is 0. The minimum atomic E-state index is -0.162. The van der Waals surface area contributed by atoms with Crippen LogP contribution in [0, 0.1) is 0 Å². The summed E-state index contributed by atoms with van der Waals surface area (Å²) in [5.41, 5.74) is 3.28. The molecule has 0 N–H and O–H groups in total. The van der Waals surface area contributed by atoms with Crippen LogP contribution in [-0.2, 0) is 6.42 Å². The van der Waals surface area contributed by atoms with E-state index >= 15 is 0 Å². The van der Waals surface area contributed by atoms with Crippen molar-refractivity contribution >= 4 is 11.6 Å². The second-order valence-electron chi connectivity index (χ2n) is 6.04. The molecule has 1 atom stereocenters. The molecule has 0 fully saturated rings. The molecule has 0 saturated carbocycles. The molecular formula is C18H19ClO2. The molecule has 3 heteroatoms. The van der Waals surface area contributed by atoms with Crippen molar-refractivity contribution in [3.63, 3.8) is 0 Å². The monoisotopic (exact) mass is 302 g/mol. The van der Waals surface area contributed by atoms with Crippen LogP contribution in [0.25, 0.3) is 0 Å². The van der Waals surface area contributed by atoms with E-state index in [2.05, 4.69) is 19.9 Å². The molecule has 1 unspecified atom stereocenters. The first-order chi connectivity index (χ1) is 9.98. The molecular weight excluding hydrogens is 284 g/mol.